The van der Waals surface area contributed by atoms with Crippen LogP contribution in [0.5, 0.6) is 0 Å². The van der Waals surface area contributed by atoms with Gasteiger partial charge in [-0.15, -0.1) is 0 Å². The molecule has 0 saturated heterocycles. The van der Waals surface area contributed by atoms with Gasteiger partial charge in [0, 0.05) is 33.1 Å². The third-order valence-corrected chi connectivity index (χ3v) is 8.49. The average molecular weight is 587 g/mol. The molecule has 0 spiro atoms. The lowest BCUT2D eigenvalue weighted by atomic mass is 10.0. The Labute approximate surface area is 240 Å². The number of nitrogens with zero attached hydrogens (tertiary/aromatic N) is 3. The predicted molar refractivity (Wildman–Crippen MR) is 155 cm³/mol. The number of hydrogen-bond donors (Lipinski definition) is 1. The Morgan fingerprint density at radius 3 is 1.95 bits per heavy atom. The number of amides is 2. The first kappa shape index (κ1) is 31.7. The highest BCUT2D eigenvalue weighted by atomic mass is 32.2. The van der Waals surface area contributed by atoms with E-state index in [0.29, 0.717) is 12.0 Å². The Balaban J connectivity index is 2.08. The van der Waals surface area contributed by atoms with E-state index in [2.05, 4.69) is 5.32 Å². The van der Waals surface area contributed by atoms with Crippen molar-refractivity contribution in [2.24, 2.45) is 0 Å². The molecule has 0 radical (unpaired) electrons. The van der Waals surface area contributed by atoms with Gasteiger partial charge in [-0.25, -0.2) is 13.1 Å². The second-order valence-corrected chi connectivity index (χ2v) is 12.0. The third kappa shape index (κ3) is 8.58. The summed E-state index contributed by atoms with van der Waals surface area (Å²) in [5.74, 6) is -2.09. The molecule has 8 nitrogen and oxygen atoms in total. The van der Waals surface area contributed by atoms with Crippen molar-refractivity contribution in [3.05, 3.63) is 102 Å². The maximum atomic E-state index is 14.1. The summed E-state index contributed by atoms with van der Waals surface area (Å²) in [5, 5.41) is 2.95. The lowest BCUT2D eigenvalue weighted by Gasteiger charge is -2.35. The Morgan fingerprint density at radius 1 is 0.854 bits per heavy atom. The van der Waals surface area contributed by atoms with Crippen LogP contribution < -0.4 is 9.62 Å². The molecule has 3 aromatic carbocycles. The molecule has 0 aliphatic heterocycles. The molecule has 0 aromatic heterocycles. The van der Waals surface area contributed by atoms with Gasteiger partial charge in [0.15, 0.2) is 0 Å². The Hall–Kier alpha value is -3.83. The van der Waals surface area contributed by atoms with Crippen molar-refractivity contribution >= 4 is 27.7 Å². The fourth-order valence-corrected chi connectivity index (χ4v) is 5.16. The van der Waals surface area contributed by atoms with Crippen LogP contribution in [0.1, 0.15) is 31.4 Å². The summed E-state index contributed by atoms with van der Waals surface area (Å²) in [5.41, 5.74) is 1.43. The molecule has 1 N–H and O–H groups in total. The first-order chi connectivity index (χ1) is 19.4. The Kier molecular flexibility index (Phi) is 11.0. The van der Waals surface area contributed by atoms with E-state index in [-0.39, 0.29) is 24.7 Å². The highest BCUT2D eigenvalue weighted by Crippen LogP contribution is 2.22. The van der Waals surface area contributed by atoms with E-state index in [9.17, 15) is 26.8 Å². The van der Waals surface area contributed by atoms with Crippen LogP contribution in [0.2, 0.25) is 0 Å². The molecule has 2 atom stereocenters. The quantitative estimate of drug-likeness (QED) is 0.326. The first-order valence-corrected chi connectivity index (χ1v) is 14.7. The van der Waals surface area contributed by atoms with Gasteiger partial charge in [0.25, 0.3) is 0 Å². The molecule has 2 amide bonds. The zero-order chi connectivity index (χ0) is 30.2. The molecule has 3 aromatic rings. The summed E-state index contributed by atoms with van der Waals surface area (Å²) in [7, 11) is -1.55. The molecule has 0 aliphatic rings. The summed E-state index contributed by atoms with van der Waals surface area (Å²) in [4.78, 5) is 29.1. The Morgan fingerprint density at radius 2 is 1.41 bits per heavy atom. The molecule has 220 valence electrons. The normalized spacial score (nSPS) is 13.0. The largest absolute Gasteiger partial charge is 0.352 e. The van der Waals surface area contributed by atoms with Gasteiger partial charge >= 0.3 is 10.2 Å². The van der Waals surface area contributed by atoms with Crippen LogP contribution in [0.3, 0.4) is 0 Å². The van der Waals surface area contributed by atoms with Crippen LogP contribution >= 0.6 is 0 Å². The highest BCUT2D eigenvalue weighted by molar-refractivity contribution is 7.90. The summed E-state index contributed by atoms with van der Waals surface area (Å²) in [6, 6.07) is 18.3. The minimum absolute atomic E-state index is 0.0796. The van der Waals surface area contributed by atoms with Crippen molar-refractivity contribution in [3.8, 4) is 0 Å². The van der Waals surface area contributed by atoms with Crippen molar-refractivity contribution in [2.75, 3.05) is 24.9 Å². The number of halogens is 2. The van der Waals surface area contributed by atoms with E-state index in [4.69, 9.17) is 0 Å². The van der Waals surface area contributed by atoms with Gasteiger partial charge in [-0.2, -0.15) is 12.7 Å². The van der Waals surface area contributed by atoms with Crippen molar-refractivity contribution in [2.45, 2.75) is 45.3 Å². The first-order valence-electron chi connectivity index (χ1n) is 13.3. The summed E-state index contributed by atoms with van der Waals surface area (Å²) < 4.78 is 55.8. The number of carbonyl (C=O) groups excluding carboxylic acids is 2. The van der Waals surface area contributed by atoms with E-state index in [0.717, 1.165) is 26.3 Å². The van der Waals surface area contributed by atoms with Crippen LogP contribution in [0.4, 0.5) is 14.5 Å². The fraction of sp³-hybridized carbons (Fsp3) is 0.333. The number of hydrogen-bond acceptors (Lipinski definition) is 4. The van der Waals surface area contributed by atoms with E-state index < -0.39 is 46.2 Å². The van der Waals surface area contributed by atoms with E-state index in [1.54, 1.807) is 0 Å². The van der Waals surface area contributed by atoms with E-state index in [1.165, 1.54) is 55.4 Å². The zero-order valence-corrected chi connectivity index (χ0v) is 24.4. The second-order valence-electron chi connectivity index (χ2n) is 9.94. The van der Waals surface area contributed by atoms with Crippen LogP contribution in [-0.4, -0.2) is 62.2 Å². The van der Waals surface area contributed by atoms with Gasteiger partial charge in [-0.3, -0.25) is 9.59 Å². The monoisotopic (exact) mass is 586 g/mol. The molecule has 0 bridgehead atoms. The van der Waals surface area contributed by atoms with Gasteiger partial charge in [0.05, 0.1) is 5.69 Å². The molecule has 0 saturated carbocycles. The third-order valence-electron chi connectivity index (χ3n) is 6.67. The van der Waals surface area contributed by atoms with Crippen LogP contribution in [0.15, 0.2) is 78.9 Å². The lowest BCUT2D eigenvalue weighted by Crippen LogP contribution is -2.55. The van der Waals surface area contributed by atoms with Gasteiger partial charge in [-0.05, 0) is 60.9 Å². The van der Waals surface area contributed by atoms with Gasteiger partial charge in [-0.1, -0.05) is 49.4 Å². The maximum Gasteiger partial charge on any atom is 0.304 e. The van der Waals surface area contributed by atoms with Crippen molar-refractivity contribution in [1.29, 1.82) is 0 Å². The number of nitrogens with one attached hydrogen (secondary N) is 1. The predicted octanol–water partition coefficient (Wildman–Crippen LogP) is 4.13. The van der Waals surface area contributed by atoms with E-state index >= 15 is 0 Å². The molecule has 0 heterocycles. The number of anilines is 1. The molecular weight excluding hydrogens is 550 g/mol. The number of rotatable bonds is 13. The molecule has 0 aliphatic carbocycles. The highest BCUT2D eigenvalue weighted by Gasteiger charge is 2.35. The number of benzene rings is 3. The molecular formula is C30H36F2N4O4S. The minimum Gasteiger partial charge on any atom is -0.352 e. The van der Waals surface area contributed by atoms with Gasteiger partial charge < -0.3 is 10.2 Å². The second kappa shape index (κ2) is 14.2. The maximum absolute atomic E-state index is 14.1. The number of carbonyl (C=O) groups is 2. The summed E-state index contributed by atoms with van der Waals surface area (Å²) in [6.07, 6.45) is 0.822. The summed E-state index contributed by atoms with van der Waals surface area (Å²) in [6.45, 7) is 3.04. The van der Waals surface area contributed by atoms with Crippen molar-refractivity contribution in [3.63, 3.8) is 0 Å². The topological polar surface area (TPSA) is 90.0 Å². The fourth-order valence-electron chi connectivity index (χ4n) is 4.11. The smallest absolute Gasteiger partial charge is 0.304 e. The Bertz CT molecular complexity index is 1400. The standard InChI is InChI=1S/C30H36F2N4O4S/c1-5-22(2)33-30(38)28(19-23-9-7-6-8-10-23)35(20-24-11-13-25(31)14-12-24)29(37)21-36(41(39,40)34(3)4)27-17-15-26(32)16-18-27/h6-18,22,28H,5,19-21H2,1-4H3,(H,33,38)/t22-,28-/m0/s1. The zero-order valence-electron chi connectivity index (χ0n) is 23.6. The minimum atomic E-state index is -4.19. The molecule has 3 rings (SSSR count). The molecule has 0 unspecified atom stereocenters. The average Bonchev–Trinajstić information content (AvgIpc) is 2.95. The SMILES string of the molecule is CC[C@H](C)NC(=O)[C@H](Cc1ccccc1)N(Cc1ccc(F)cc1)C(=O)CN(c1ccc(F)cc1)S(=O)(=O)N(C)C. The molecule has 0 fully saturated rings. The molecule has 41 heavy (non-hydrogen) atoms. The van der Waals surface area contributed by atoms with Crippen LogP contribution in [0.25, 0.3) is 0 Å². The molecule has 11 heteroatoms. The summed E-state index contributed by atoms with van der Waals surface area (Å²) >= 11 is 0. The van der Waals surface area contributed by atoms with Crippen LogP contribution in [0, 0.1) is 11.6 Å². The van der Waals surface area contributed by atoms with Gasteiger partial charge in [0.2, 0.25) is 11.8 Å². The van der Waals surface area contributed by atoms with Crippen LogP contribution in [-0.2, 0) is 32.8 Å². The van der Waals surface area contributed by atoms with Gasteiger partial charge in [0.1, 0.15) is 24.2 Å². The van der Waals surface area contributed by atoms with Crippen molar-refractivity contribution < 1.29 is 26.8 Å². The van der Waals surface area contributed by atoms with Crippen molar-refractivity contribution in [1.82, 2.24) is 14.5 Å². The van der Waals surface area contributed by atoms with E-state index in [1.807, 2.05) is 44.2 Å². The lowest BCUT2D eigenvalue weighted by molar-refractivity contribution is -0.140.